The maximum Gasteiger partial charge on any atom is 0.233 e. The van der Waals surface area contributed by atoms with Crippen molar-refractivity contribution in [1.82, 2.24) is 24.7 Å². The van der Waals surface area contributed by atoms with E-state index in [1.807, 2.05) is 54.2 Å². The first-order chi connectivity index (χ1) is 17.3. The third-order valence-corrected chi connectivity index (χ3v) is 7.56. The standard InChI is InChI=1S/C26H35ClN6O2S/c1-19-16-31(13-14-33(19)25(35)21-9-10-21)23-15-22(27)28-26(29-23)36-18-24(34)32(12-11-30(2)3)17-20-7-5-4-6-8-20/h4-8,15,19,21H,9-14,16-18H2,1-3H3. The van der Waals surface area contributed by atoms with Crippen LogP contribution < -0.4 is 4.90 Å². The highest BCUT2D eigenvalue weighted by Crippen LogP contribution is 2.33. The van der Waals surface area contributed by atoms with Crippen LogP contribution in [0.5, 0.6) is 0 Å². The average molecular weight is 531 g/mol. The molecule has 2 fully saturated rings. The van der Waals surface area contributed by atoms with Crippen molar-refractivity contribution in [2.75, 3.05) is 57.5 Å². The molecule has 2 amide bonds. The number of likely N-dealkylation sites (N-methyl/N-ethyl adjacent to an activating group) is 1. The van der Waals surface area contributed by atoms with Gasteiger partial charge in [-0.05, 0) is 39.4 Å². The number of amides is 2. The molecule has 2 heterocycles. The van der Waals surface area contributed by atoms with Gasteiger partial charge in [0.2, 0.25) is 11.8 Å². The number of benzene rings is 1. The Morgan fingerprint density at radius 1 is 1.11 bits per heavy atom. The molecule has 36 heavy (non-hydrogen) atoms. The Morgan fingerprint density at radius 2 is 1.86 bits per heavy atom. The fraction of sp³-hybridized carbons (Fsp3) is 0.538. The molecule has 4 rings (SSSR count). The molecule has 1 saturated carbocycles. The monoisotopic (exact) mass is 530 g/mol. The molecule has 10 heteroatoms. The number of anilines is 1. The Labute approximate surface area is 223 Å². The summed E-state index contributed by atoms with van der Waals surface area (Å²) in [4.78, 5) is 42.9. The molecule has 0 spiro atoms. The van der Waals surface area contributed by atoms with Crippen LogP contribution in [-0.4, -0.2) is 95.1 Å². The molecule has 2 aromatic rings. The second-order valence-electron chi connectivity index (χ2n) is 9.83. The first-order valence-corrected chi connectivity index (χ1v) is 13.9. The minimum Gasteiger partial charge on any atom is -0.353 e. The number of carbonyl (C=O) groups excluding carboxylic acids is 2. The van der Waals surface area contributed by atoms with Crippen molar-refractivity contribution in [3.05, 3.63) is 47.1 Å². The molecule has 1 aliphatic heterocycles. The van der Waals surface area contributed by atoms with Crippen LogP contribution >= 0.6 is 23.4 Å². The number of thioether (sulfide) groups is 1. The van der Waals surface area contributed by atoms with Crippen LogP contribution in [0.25, 0.3) is 0 Å². The number of hydrogen-bond acceptors (Lipinski definition) is 7. The topological polar surface area (TPSA) is 72.9 Å². The summed E-state index contributed by atoms with van der Waals surface area (Å²) in [6, 6.07) is 11.9. The van der Waals surface area contributed by atoms with Crippen molar-refractivity contribution in [2.24, 2.45) is 5.92 Å². The second-order valence-corrected chi connectivity index (χ2v) is 11.2. The summed E-state index contributed by atoms with van der Waals surface area (Å²) in [5.41, 5.74) is 1.10. The molecule has 1 saturated heterocycles. The van der Waals surface area contributed by atoms with Crippen molar-refractivity contribution < 1.29 is 9.59 Å². The zero-order chi connectivity index (χ0) is 25.7. The van der Waals surface area contributed by atoms with Crippen molar-refractivity contribution in [3.8, 4) is 0 Å². The largest absolute Gasteiger partial charge is 0.353 e. The summed E-state index contributed by atoms with van der Waals surface area (Å²) in [7, 11) is 4.01. The first kappa shape index (κ1) is 26.7. The van der Waals surface area contributed by atoms with Gasteiger partial charge in [-0.25, -0.2) is 9.97 Å². The van der Waals surface area contributed by atoms with Crippen molar-refractivity contribution in [1.29, 1.82) is 0 Å². The lowest BCUT2D eigenvalue weighted by Gasteiger charge is -2.40. The van der Waals surface area contributed by atoms with Gasteiger partial charge < -0.3 is 19.6 Å². The van der Waals surface area contributed by atoms with Gasteiger partial charge in [0.1, 0.15) is 11.0 Å². The van der Waals surface area contributed by atoms with E-state index in [0.29, 0.717) is 43.0 Å². The predicted molar refractivity (Wildman–Crippen MR) is 144 cm³/mol. The molecule has 1 unspecified atom stereocenters. The summed E-state index contributed by atoms with van der Waals surface area (Å²) < 4.78 is 0. The van der Waals surface area contributed by atoms with Gasteiger partial charge in [-0.15, -0.1) is 0 Å². The number of rotatable bonds is 10. The van der Waals surface area contributed by atoms with E-state index in [0.717, 1.165) is 30.8 Å². The number of aromatic nitrogens is 2. The molecule has 1 aromatic heterocycles. The van der Waals surface area contributed by atoms with Crippen LogP contribution in [0.15, 0.2) is 41.6 Å². The minimum absolute atomic E-state index is 0.0386. The number of piperazine rings is 1. The van der Waals surface area contributed by atoms with Gasteiger partial charge in [-0.2, -0.15) is 0 Å². The predicted octanol–water partition coefficient (Wildman–Crippen LogP) is 3.26. The molecule has 0 bridgehead atoms. The highest BCUT2D eigenvalue weighted by Gasteiger charge is 2.37. The molecule has 0 N–H and O–H groups in total. The fourth-order valence-electron chi connectivity index (χ4n) is 4.30. The van der Waals surface area contributed by atoms with Gasteiger partial charge in [0, 0.05) is 57.3 Å². The van der Waals surface area contributed by atoms with E-state index in [-0.39, 0.29) is 29.5 Å². The van der Waals surface area contributed by atoms with Crippen molar-refractivity contribution >= 4 is 41.0 Å². The molecule has 194 valence electrons. The third-order valence-electron chi connectivity index (χ3n) is 6.53. The Balaban J connectivity index is 1.38. The lowest BCUT2D eigenvalue weighted by molar-refractivity contribution is -0.135. The number of hydrogen-bond donors (Lipinski definition) is 0. The summed E-state index contributed by atoms with van der Waals surface area (Å²) in [5, 5.41) is 0.843. The fourth-order valence-corrected chi connectivity index (χ4v) is 5.29. The van der Waals surface area contributed by atoms with Crippen LogP contribution in [0.4, 0.5) is 5.82 Å². The Bertz CT molecular complexity index is 1050. The molecule has 0 radical (unpaired) electrons. The van der Waals surface area contributed by atoms with Gasteiger partial charge >= 0.3 is 0 Å². The second kappa shape index (κ2) is 12.3. The van der Waals surface area contributed by atoms with Gasteiger partial charge in [0.05, 0.1) is 5.75 Å². The van der Waals surface area contributed by atoms with Crippen molar-refractivity contribution in [2.45, 2.75) is 37.5 Å². The number of nitrogens with zero attached hydrogens (tertiary/aromatic N) is 6. The Hall–Kier alpha value is -2.36. The maximum absolute atomic E-state index is 13.2. The van der Waals surface area contributed by atoms with E-state index in [4.69, 9.17) is 16.6 Å². The van der Waals surface area contributed by atoms with Crippen LogP contribution in [0.1, 0.15) is 25.3 Å². The zero-order valence-electron chi connectivity index (χ0n) is 21.3. The summed E-state index contributed by atoms with van der Waals surface area (Å²) in [6.45, 7) is 6.16. The smallest absolute Gasteiger partial charge is 0.233 e. The van der Waals surface area contributed by atoms with E-state index >= 15 is 0 Å². The van der Waals surface area contributed by atoms with E-state index < -0.39 is 0 Å². The Morgan fingerprint density at radius 3 is 2.53 bits per heavy atom. The minimum atomic E-state index is 0.0386. The SMILES string of the molecule is CC1CN(c2cc(Cl)nc(SCC(=O)N(CCN(C)C)Cc3ccccc3)n2)CCN1C(=O)C1CC1. The van der Waals surface area contributed by atoms with Crippen LogP contribution in [0.3, 0.4) is 0 Å². The lowest BCUT2D eigenvalue weighted by atomic mass is 10.1. The number of halogens is 1. The average Bonchev–Trinajstić information content (AvgIpc) is 3.70. The Kier molecular flexibility index (Phi) is 9.09. The van der Waals surface area contributed by atoms with E-state index in [1.165, 1.54) is 11.8 Å². The third kappa shape index (κ3) is 7.33. The van der Waals surface area contributed by atoms with Crippen molar-refractivity contribution in [3.63, 3.8) is 0 Å². The van der Waals surface area contributed by atoms with Crippen LogP contribution in [0.2, 0.25) is 5.15 Å². The molecule has 1 aliphatic carbocycles. The zero-order valence-corrected chi connectivity index (χ0v) is 22.8. The molecular weight excluding hydrogens is 496 g/mol. The number of carbonyl (C=O) groups is 2. The first-order valence-electron chi connectivity index (χ1n) is 12.5. The van der Waals surface area contributed by atoms with E-state index in [2.05, 4.69) is 21.7 Å². The van der Waals surface area contributed by atoms with Gasteiger partial charge in [0.15, 0.2) is 5.16 Å². The van der Waals surface area contributed by atoms with Gasteiger partial charge in [-0.3, -0.25) is 9.59 Å². The summed E-state index contributed by atoms with van der Waals surface area (Å²) in [6.07, 6.45) is 2.04. The highest BCUT2D eigenvalue weighted by atomic mass is 35.5. The quantitative estimate of drug-likeness (QED) is 0.265. The molecule has 8 nitrogen and oxygen atoms in total. The van der Waals surface area contributed by atoms with Gasteiger partial charge in [0.25, 0.3) is 0 Å². The van der Waals surface area contributed by atoms with E-state index in [9.17, 15) is 9.59 Å². The summed E-state index contributed by atoms with van der Waals surface area (Å²) >= 11 is 7.66. The lowest BCUT2D eigenvalue weighted by Crippen LogP contribution is -2.54. The van der Waals surface area contributed by atoms with Crippen LogP contribution in [0, 0.1) is 5.92 Å². The highest BCUT2D eigenvalue weighted by molar-refractivity contribution is 7.99. The molecule has 1 aromatic carbocycles. The molecule has 1 atom stereocenters. The maximum atomic E-state index is 13.2. The molecule has 2 aliphatic rings. The summed E-state index contributed by atoms with van der Waals surface area (Å²) in [5.74, 6) is 1.53. The normalized spacial score (nSPS) is 18.0. The van der Waals surface area contributed by atoms with Gasteiger partial charge in [-0.1, -0.05) is 53.7 Å². The van der Waals surface area contributed by atoms with E-state index in [1.54, 1.807) is 6.07 Å². The van der Waals surface area contributed by atoms with Crippen LogP contribution in [-0.2, 0) is 16.1 Å². The molecular formula is C26H35ClN6O2S.